The molecular formula is C60H106N2S2. The molecule has 8 atom stereocenters. The van der Waals surface area contributed by atoms with E-state index in [0.29, 0.717) is 10.8 Å². The second-order valence-corrected chi connectivity index (χ2v) is 31.0. The summed E-state index contributed by atoms with van der Waals surface area (Å²) in [4.78, 5) is 7.11. The average molecular weight is 920 g/mol. The Morgan fingerprint density at radius 2 is 0.625 bits per heavy atom. The molecule has 0 heterocycles. The summed E-state index contributed by atoms with van der Waals surface area (Å²) in [5.41, 5.74) is 0.913. The highest BCUT2D eigenvalue weighted by Gasteiger charge is 2.60. The van der Waals surface area contributed by atoms with Crippen LogP contribution in [0.15, 0.2) is 0 Å². The molecule has 9 aliphatic carbocycles. The summed E-state index contributed by atoms with van der Waals surface area (Å²) in [5.74, 6) is 7.36. The van der Waals surface area contributed by atoms with E-state index < -0.39 is 0 Å². The second-order valence-electron chi connectivity index (χ2n) is 27.8. The van der Waals surface area contributed by atoms with Crippen LogP contribution in [0.5, 0.6) is 0 Å². The van der Waals surface area contributed by atoms with Gasteiger partial charge in [0.25, 0.3) is 0 Å². The van der Waals surface area contributed by atoms with Gasteiger partial charge in [-0.15, -0.1) is 0 Å². The molecule has 9 fully saturated rings. The Labute approximate surface area is 407 Å². The van der Waals surface area contributed by atoms with Gasteiger partial charge in [-0.3, -0.25) is 9.80 Å². The van der Waals surface area contributed by atoms with Gasteiger partial charge in [-0.05, 0) is 225 Å². The summed E-state index contributed by atoms with van der Waals surface area (Å²) in [5, 5.41) is 3.74. The van der Waals surface area contributed by atoms with Crippen LogP contribution in [0.1, 0.15) is 261 Å². The van der Waals surface area contributed by atoms with Crippen LogP contribution in [0.4, 0.5) is 0 Å². The molecule has 0 aromatic heterocycles. The second kappa shape index (κ2) is 21.9. The number of hydrogen-bond donors (Lipinski definition) is 0. The molecule has 0 aromatic rings. The van der Waals surface area contributed by atoms with Crippen molar-refractivity contribution in [3.63, 3.8) is 0 Å². The van der Waals surface area contributed by atoms with Crippen molar-refractivity contribution in [3.8, 4) is 0 Å². The summed E-state index contributed by atoms with van der Waals surface area (Å²) in [7, 11) is 0. The fourth-order valence-electron chi connectivity index (χ4n) is 17.9. The van der Waals surface area contributed by atoms with E-state index in [2.05, 4.69) is 88.7 Å². The van der Waals surface area contributed by atoms with Gasteiger partial charge in [0.1, 0.15) is 0 Å². The van der Waals surface area contributed by atoms with Crippen LogP contribution in [0.3, 0.4) is 0 Å². The van der Waals surface area contributed by atoms with Crippen molar-refractivity contribution in [2.45, 2.75) is 318 Å². The van der Waals surface area contributed by atoms with Gasteiger partial charge in [0, 0.05) is 57.3 Å². The molecule has 4 heteroatoms. The van der Waals surface area contributed by atoms with Gasteiger partial charge in [-0.1, -0.05) is 93.9 Å². The Kier molecular flexibility index (Phi) is 17.0. The van der Waals surface area contributed by atoms with Crippen molar-refractivity contribution in [3.05, 3.63) is 0 Å². The Bertz CT molecular complexity index is 1280. The van der Waals surface area contributed by atoms with E-state index in [1.54, 1.807) is 25.7 Å². The minimum Gasteiger partial charge on any atom is -0.294 e. The average Bonchev–Trinajstić information content (AvgIpc) is 3.29. The van der Waals surface area contributed by atoms with Crippen LogP contribution in [0.25, 0.3) is 0 Å². The SMILES string of the molecule is CC1CCC(N(C2CCC(C(C)(C)C)CC2)C2C3CCC(SC4CCCCC4)CC3C(N(C3CCC(C)CC3)C3CCC(C(C)(C)C)CC3)C3CCC(SC4CCCCC4)CC32)CC1. The molecule has 0 aliphatic heterocycles. The maximum atomic E-state index is 3.56. The fraction of sp³-hybridized carbons (Fsp3) is 1.00. The van der Waals surface area contributed by atoms with Crippen LogP contribution in [0.2, 0.25) is 0 Å². The molecule has 0 radical (unpaired) electrons. The molecule has 9 aliphatic rings. The standard InChI is InChI=1S/C60H106N2S2/c1-41-19-27-45(28-20-41)61(47-31-23-43(24-32-47)59(3,4)5)57-53-37-35-52(64-50-17-13-10-14-18-50)40-56(53)58(54-38-36-51(39-55(54)57)63-49-15-11-9-12-16-49)62(46-29-21-42(2)22-30-46)48-33-25-44(26-34-48)60(6,7)8/h41-58H,9-40H2,1-8H3. The normalized spacial score (nSPS) is 43.8. The first-order valence-electron chi connectivity index (χ1n) is 29.7. The van der Waals surface area contributed by atoms with Gasteiger partial charge in [-0.25, -0.2) is 0 Å². The lowest BCUT2D eigenvalue weighted by Gasteiger charge is -2.65. The Morgan fingerprint density at radius 3 is 0.938 bits per heavy atom. The third-order valence-electron chi connectivity index (χ3n) is 21.6. The number of nitrogens with zero attached hydrogens (tertiary/aromatic N) is 2. The highest BCUT2D eigenvalue weighted by molar-refractivity contribution is 8.00. The molecule has 0 amide bonds. The van der Waals surface area contributed by atoms with Crippen molar-refractivity contribution in [2.24, 2.45) is 58.2 Å². The lowest BCUT2D eigenvalue weighted by Crippen LogP contribution is -2.70. The van der Waals surface area contributed by atoms with E-state index in [4.69, 9.17) is 0 Å². The van der Waals surface area contributed by atoms with E-state index in [0.717, 1.165) is 105 Å². The largest absolute Gasteiger partial charge is 0.294 e. The molecule has 0 N–H and O–H groups in total. The summed E-state index contributed by atoms with van der Waals surface area (Å²) in [6.45, 7) is 20.6. The van der Waals surface area contributed by atoms with Crippen LogP contribution in [-0.4, -0.2) is 67.1 Å². The van der Waals surface area contributed by atoms with Gasteiger partial charge in [0.05, 0.1) is 0 Å². The molecule has 368 valence electrons. The van der Waals surface area contributed by atoms with Crippen molar-refractivity contribution in [1.82, 2.24) is 9.80 Å². The van der Waals surface area contributed by atoms with Crippen molar-refractivity contribution >= 4 is 23.5 Å². The van der Waals surface area contributed by atoms with E-state index in [9.17, 15) is 0 Å². The Morgan fingerprint density at radius 1 is 0.312 bits per heavy atom. The Balaban J connectivity index is 1.11. The first-order chi connectivity index (χ1) is 30.8. The third-order valence-corrected chi connectivity index (χ3v) is 25.0. The third kappa shape index (κ3) is 11.7. The molecule has 64 heavy (non-hydrogen) atoms. The van der Waals surface area contributed by atoms with Gasteiger partial charge in [0.15, 0.2) is 0 Å². The fourth-order valence-corrected chi connectivity index (χ4v) is 21.4. The predicted octanol–water partition coefficient (Wildman–Crippen LogP) is 17.4. The molecule has 9 rings (SSSR count). The molecule has 0 spiro atoms. The quantitative estimate of drug-likeness (QED) is 0.215. The number of thioether (sulfide) groups is 2. The number of fused-ring (bicyclic) bond motifs is 2. The summed E-state index contributed by atoms with van der Waals surface area (Å²) >= 11 is 5.14. The molecule has 0 bridgehead atoms. The smallest absolute Gasteiger partial charge is 0.0164 e. The first kappa shape index (κ1) is 49.6. The zero-order valence-electron chi connectivity index (χ0n) is 43.7. The monoisotopic (exact) mass is 919 g/mol. The maximum Gasteiger partial charge on any atom is 0.0164 e. The van der Waals surface area contributed by atoms with Gasteiger partial charge in [-0.2, -0.15) is 23.5 Å². The van der Waals surface area contributed by atoms with Gasteiger partial charge >= 0.3 is 0 Å². The molecular weight excluding hydrogens is 813 g/mol. The number of hydrogen-bond acceptors (Lipinski definition) is 4. The predicted molar refractivity (Wildman–Crippen MR) is 283 cm³/mol. The lowest BCUT2D eigenvalue weighted by atomic mass is 9.53. The van der Waals surface area contributed by atoms with Crippen LogP contribution in [-0.2, 0) is 0 Å². The highest BCUT2D eigenvalue weighted by Crippen LogP contribution is 2.60. The minimum atomic E-state index is 0.456. The summed E-state index contributed by atoms with van der Waals surface area (Å²) in [6, 6.07) is 5.06. The van der Waals surface area contributed by atoms with Crippen LogP contribution >= 0.6 is 23.5 Å². The first-order valence-corrected chi connectivity index (χ1v) is 31.5. The lowest BCUT2D eigenvalue weighted by molar-refractivity contribution is -0.149. The zero-order valence-corrected chi connectivity index (χ0v) is 45.4. The van der Waals surface area contributed by atoms with Crippen molar-refractivity contribution < 1.29 is 0 Å². The summed E-state index contributed by atoms with van der Waals surface area (Å²) in [6.07, 6.45) is 48.2. The van der Waals surface area contributed by atoms with Crippen molar-refractivity contribution in [2.75, 3.05) is 0 Å². The Hall–Kier alpha value is 0.620. The summed E-state index contributed by atoms with van der Waals surface area (Å²) < 4.78 is 0. The molecule has 8 unspecified atom stereocenters. The molecule has 9 saturated carbocycles. The van der Waals surface area contributed by atoms with Gasteiger partial charge < -0.3 is 0 Å². The number of rotatable bonds is 10. The van der Waals surface area contributed by atoms with E-state index in [-0.39, 0.29) is 0 Å². The zero-order chi connectivity index (χ0) is 44.6. The van der Waals surface area contributed by atoms with Crippen LogP contribution < -0.4 is 0 Å². The van der Waals surface area contributed by atoms with E-state index >= 15 is 0 Å². The van der Waals surface area contributed by atoms with E-state index in [1.807, 2.05) is 0 Å². The topological polar surface area (TPSA) is 6.48 Å². The highest BCUT2D eigenvalue weighted by atomic mass is 32.2. The molecule has 0 aromatic carbocycles. The van der Waals surface area contributed by atoms with E-state index in [1.165, 1.54) is 180 Å². The maximum absolute atomic E-state index is 3.56. The minimum absolute atomic E-state index is 0.456. The van der Waals surface area contributed by atoms with Gasteiger partial charge in [0.2, 0.25) is 0 Å². The molecule has 2 nitrogen and oxygen atoms in total. The van der Waals surface area contributed by atoms with Crippen LogP contribution in [0, 0.1) is 58.2 Å². The van der Waals surface area contributed by atoms with Crippen molar-refractivity contribution in [1.29, 1.82) is 0 Å². The molecule has 0 saturated heterocycles.